The van der Waals surface area contributed by atoms with Gasteiger partial charge in [-0.05, 0) is 37.3 Å². The van der Waals surface area contributed by atoms with Crippen molar-refractivity contribution in [3.8, 4) is 0 Å². The van der Waals surface area contributed by atoms with Gasteiger partial charge in [0.1, 0.15) is 0 Å². The highest BCUT2D eigenvalue weighted by Crippen LogP contribution is 2.26. The maximum atomic E-state index is 10.8. The largest absolute Gasteiger partial charge is 0.465 e. The maximum absolute atomic E-state index is 10.8. The third-order valence-electron chi connectivity index (χ3n) is 3.22. The van der Waals surface area contributed by atoms with Gasteiger partial charge in [-0.25, -0.2) is 14.8 Å². The van der Waals surface area contributed by atoms with Crippen LogP contribution in [-0.4, -0.2) is 17.0 Å². The minimum absolute atomic E-state index is 0.699. The number of hydrogen-bond donors (Lipinski definition) is 2. The third kappa shape index (κ3) is 3.12. The summed E-state index contributed by atoms with van der Waals surface area (Å²) in [6.45, 7) is 3.69. The zero-order valence-electron chi connectivity index (χ0n) is 12.2. The topological polar surface area (TPSA) is 74.0 Å². The van der Waals surface area contributed by atoms with E-state index in [-0.39, 0.29) is 0 Å². The fourth-order valence-corrected chi connectivity index (χ4v) is 3.10. The number of nitrogens with one attached hydrogen (secondary N) is 1. The van der Waals surface area contributed by atoms with Crippen LogP contribution in [-0.2, 0) is 0 Å². The lowest BCUT2D eigenvalue weighted by Gasteiger charge is -2.16. The van der Waals surface area contributed by atoms with Crippen molar-refractivity contribution in [3.05, 3.63) is 58.7 Å². The van der Waals surface area contributed by atoms with E-state index in [0.29, 0.717) is 10.7 Å². The van der Waals surface area contributed by atoms with Gasteiger partial charge in [0.05, 0.1) is 10.7 Å². The van der Waals surface area contributed by atoms with Crippen LogP contribution in [0.2, 0.25) is 0 Å². The first-order chi connectivity index (χ1) is 10.4. The molecule has 1 aliphatic rings. The van der Waals surface area contributed by atoms with E-state index in [9.17, 15) is 4.79 Å². The van der Waals surface area contributed by atoms with Crippen LogP contribution in [0.25, 0.3) is 0 Å². The Labute approximate surface area is 131 Å². The second-order valence-electron chi connectivity index (χ2n) is 5.24. The first kappa shape index (κ1) is 14.6. The second kappa shape index (κ2) is 5.46. The molecule has 6 heteroatoms. The van der Waals surface area contributed by atoms with Crippen LogP contribution in [0.5, 0.6) is 0 Å². The minimum Gasteiger partial charge on any atom is -0.465 e. The fourth-order valence-electron chi connectivity index (χ4n) is 2.25. The van der Waals surface area contributed by atoms with Crippen molar-refractivity contribution in [2.24, 2.45) is 9.98 Å². The highest BCUT2D eigenvalue weighted by atomic mass is 32.2. The SMILES string of the molecule is Cc1ccc(Sc2ccc3c(c2)=NC(C)(NC(=O)O)N=3)cc1. The summed E-state index contributed by atoms with van der Waals surface area (Å²) in [5.41, 5.74) is 1.22. The molecule has 0 saturated heterocycles. The molecular weight excluding hydrogens is 298 g/mol. The molecule has 0 radical (unpaired) electrons. The second-order valence-corrected chi connectivity index (χ2v) is 6.39. The first-order valence-electron chi connectivity index (χ1n) is 6.79. The van der Waals surface area contributed by atoms with E-state index >= 15 is 0 Å². The van der Waals surface area contributed by atoms with Crippen LogP contribution in [0.4, 0.5) is 4.79 Å². The van der Waals surface area contributed by atoms with Crippen LogP contribution >= 0.6 is 11.8 Å². The predicted octanol–water partition coefficient (Wildman–Crippen LogP) is 2.34. The fraction of sp³-hybridized carbons (Fsp3) is 0.188. The van der Waals surface area contributed by atoms with Crippen LogP contribution in [0, 0.1) is 6.92 Å². The molecule has 0 spiro atoms. The lowest BCUT2D eigenvalue weighted by atomic mass is 10.2. The Morgan fingerprint density at radius 2 is 1.73 bits per heavy atom. The lowest BCUT2D eigenvalue weighted by Crippen LogP contribution is -2.41. The Kier molecular flexibility index (Phi) is 3.62. The normalized spacial score (nSPS) is 19.0. The van der Waals surface area contributed by atoms with Crippen molar-refractivity contribution in [1.82, 2.24) is 5.32 Å². The Bertz CT molecular complexity index is 849. The number of fused-ring (bicyclic) bond motifs is 1. The Morgan fingerprint density at radius 3 is 2.41 bits per heavy atom. The Morgan fingerprint density at radius 1 is 1.09 bits per heavy atom. The van der Waals surface area contributed by atoms with Gasteiger partial charge in [-0.2, -0.15) is 0 Å². The van der Waals surface area contributed by atoms with Crippen LogP contribution in [0.3, 0.4) is 0 Å². The molecule has 0 aliphatic carbocycles. The molecule has 1 heterocycles. The molecule has 1 aliphatic heterocycles. The predicted molar refractivity (Wildman–Crippen MR) is 83.6 cm³/mol. The van der Waals surface area contributed by atoms with Gasteiger partial charge in [-0.15, -0.1) is 0 Å². The molecule has 22 heavy (non-hydrogen) atoms. The molecule has 2 aromatic rings. The van der Waals surface area contributed by atoms with E-state index in [1.54, 1.807) is 18.7 Å². The number of rotatable bonds is 3. The molecule has 112 valence electrons. The summed E-state index contributed by atoms with van der Waals surface area (Å²) in [5.74, 6) is -1.14. The van der Waals surface area contributed by atoms with E-state index in [0.717, 1.165) is 9.79 Å². The van der Waals surface area contributed by atoms with Gasteiger partial charge < -0.3 is 5.11 Å². The van der Waals surface area contributed by atoms with Crippen molar-refractivity contribution in [1.29, 1.82) is 0 Å². The molecule has 0 saturated carbocycles. The average Bonchev–Trinajstić information content (AvgIpc) is 2.75. The molecule has 1 unspecified atom stereocenters. The quantitative estimate of drug-likeness (QED) is 0.913. The average molecular weight is 313 g/mol. The summed E-state index contributed by atoms with van der Waals surface area (Å²) in [4.78, 5) is 21.7. The summed E-state index contributed by atoms with van der Waals surface area (Å²) in [7, 11) is 0. The van der Waals surface area contributed by atoms with Gasteiger partial charge in [0, 0.05) is 16.7 Å². The van der Waals surface area contributed by atoms with E-state index in [1.807, 2.05) is 18.2 Å². The molecule has 5 nitrogen and oxygen atoms in total. The minimum atomic E-state index is -1.14. The number of hydrogen-bond acceptors (Lipinski definition) is 4. The van der Waals surface area contributed by atoms with Gasteiger partial charge in [0.25, 0.3) is 0 Å². The number of nitrogens with zero attached hydrogens (tertiary/aromatic N) is 2. The van der Waals surface area contributed by atoms with Gasteiger partial charge in [0.2, 0.25) is 5.79 Å². The van der Waals surface area contributed by atoms with Crippen LogP contribution < -0.4 is 16.0 Å². The molecule has 2 N–H and O–H groups in total. The first-order valence-corrected chi connectivity index (χ1v) is 7.61. The molecule has 0 bridgehead atoms. The zero-order chi connectivity index (χ0) is 15.7. The van der Waals surface area contributed by atoms with Crippen molar-refractivity contribution in [2.45, 2.75) is 29.4 Å². The highest BCUT2D eigenvalue weighted by Gasteiger charge is 2.26. The number of carbonyl (C=O) groups is 1. The molecular formula is C16H15N3O2S. The summed E-state index contributed by atoms with van der Waals surface area (Å²) < 4.78 is 0. The Hall–Kier alpha value is -2.34. The zero-order valence-corrected chi connectivity index (χ0v) is 13.0. The van der Waals surface area contributed by atoms with Crippen LogP contribution in [0.15, 0.2) is 62.2 Å². The van der Waals surface area contributed by atoms with Gasteiger partial charge in [-0.1, -0.05) is 29.5 Å². The molecule has 0 aromatic heterocycles. The van der Waals surface area contributed by atoms with E-state index in [4.69, 9.17) is 5.11 Å². The Balaban J connectivity index is 1.89. The standard InChI is InChI=1S/C16H15N3O2S/c1-10-3-5-11(6-4-10)22-12-7-8-13-14(9-12)18-16(2,17-13)19-15(20)21/h3-9,19H,1-2H3,(H,20,21). The van der Waals surface area contributed by atoms with Gasteiger partial charge >= 0.3 is 6.09 Å². The lowest BCUT2D eigenvalue weighted by molar-refractivity contribution is 0.182. The smallest absolute Gasteiger partial charge is 0.408 e. The summed E-state index contributed by atoms with van der Waals surface area (Å²) in [5, 5.41) is 12.6. The number of benzene rings is 2. The summed E-state index contributed by atoms with van der Waals surface area (Å²) >= 11 is 1.64. The molecule has 1 amide bonds. The molecule has 1 atom stereocenters. The van der Waals surface area contributed by atoms with E-state index in [2.05, 4.69) is 46.5 Å². The van der Waals surface area contributed by atoms with Gasteiger partial charge in [-0.3, -0.25) is 5.32 Å². The molecule has 0 fully saturated rings. The molecule has 3 rings (SSSR count). The number of aryl methyl sites for hydroxylation is 1. The van der Waals surface area contributed by atoms with E-state index < -0.39 is 11.9 Å². The third-order valence-corrected chi connectivity index (χ3v) is 4.22. The van der Waals surface area contributed by atoms with E-state index in [1.165, 1.54) is 5.56 Å². The highest BCUT2D eigenvalue weighted by molar-refractivity contribution is 7.99. The van der Waals surface area contributed by atoms with Crippen molar-refractivity contribution < 1.29 is 9.90 Å². The number of amides is 1. The van der Waals surface area contributed by atoms with Crippen LogP contribution in [0.1, 0.15) is 12.5 Å². The van der Waals surface area contributed by atoms with Crippen molar-refractivity contribution in [3.63, 3.8) is 0 Å². The number of carboxylic acid groups (broad SMARTS) is 1. The van der Waals surface area contributed by atoms with Crippen molar-refractivity contribution in [2.75, 3.05) is 0 Å². The summed E-state index contributed by atoms with van der Waals surface area (Å²) in [6, 6.07) is 14.1. The van der Waals surface area contributed by atoms with Crippen molar-refractivity contribution >= 4 is 17.9 Å². The summed E-state index contributed by atoms with van der Waals surface area (Å²) in [6.07, 6.45) is -1.14. The monoisotopic (exact) mass is 313 g/mol. The molecule has 2 aromatic carbocycles. The maximum Gasteiger partial charge on any atom is 0.408 e. The van der Waals surface area contributed by atoms with Gasteiger partial charge in [0.15, 0.2) is 0 Å².